The van der Waals surface area contributed by atoms with Crippen LogP contribution in [-0.2, 0) is 0 Å². The molecule has 0 spiro atoms. The van der Waals surface area contributed by atoms with Crippen molar-refractivity contribution in [2.75, 3.05) is 13.1 Å². The lowest BCUT2D eigenvalue weighted by molar-refractivity contribution is 0.287. The number of amidine groups is 1. The molecule has 0 aromatic heterocycles. The van der Waals surface area contributed by atoms with E-state index < -0.39 is 0 Å². The van der Waals surface area contributed by atoms with Crippen molar-refractivity contribution in [3.05, 3.63) is 0 Å². The fourth-order valence-electron chi connectivity index (χ4n) is 2.32. The molecule has 2 heteroatoms. The van der Waals surface area contributed by atoms with Crippen LogP contribution in [0.5, 0.6) is 0 Å². The Morgan fingerprint density at radius 2 is 1.80 bits per heavy atom. The molecule has 88 valence electrons. The third kappa shape index (κ3) is 4.23. The van der Waals surface area contributed by atoms with Crippen LogP contribution in [0.4, 0.5) is 0 Å². The zero-order valence-corrected chi connectivity index (χ0v) is 10.7. The van der Waals surface area contributed by atoms with Gasteiger partial charge in [0.15, 0.2) is 0 Å². The van der Waals surface area contributed by atoms with Gasteiger partial charge in [0, 0.05) is 19.5 Å². The summed E-state index contributed by atoms with van der Waals surface area (Å²) in [6.07, 6.45) is 3.73. The van der Waals surface area contributed by atoms with Gasteiger partial charge in [0.05, 0.1) is 5.84 Å². The van der Waals surface area contributed by atoms with Crippen molar-refractivity contribution in [3.63, 3.8) is 0 Å². The summed E-state index contributed by atoms with van der Waals surface area (Å²) >= 11 is 0. The summed E-state index contributed by atoms with van der Waals surface area (Å²) in [6.45, 7) is 11.4. The molecule has 0 amide bonds. The van der Waals surface area contributed by atoms with E-state index in [0.717, 1.165) is 37.3 Å². The standard InChI is InChI=1S/C13H26N2/c1-10(2)12(11(3)4)9-15-13-7-5-6-8-14-13/h10-12H,5-9H2,1-4H3,(H,14,15). The zero-order valence-electron chi connectivity index (χ0n) is 10.7. The van der Waals surface area contributed by atoms with E-state index in [2.05, 4.69) is 38.0 Å². The van der Waals surface area contributed by atoms with Crippen LogP contribution in [0.3, 0.4) is 0 Å². The highest BCUT2D eigenvalue weighted by molar-refractivity contribution is 5.82. The number of aliphatic imine (C=N–C) groups is 1. The minimum atomic E-state index is 0.752. The second kappa shape index (κ2) is 6.14. The maximum Gasteiger partial charge on any atom is 0.0963 e. The quantitative estimate of drug-likeness (QED) is 0.757. The number of hydrogen-bond donors (Lipinski definition) is 1. The molecule has 0 saturated carbocycles. The summed E-state index contributed by atoms with van der Waals surface area (Å²) in [5, 5.41) is 3.53. The Morgan fingerprint density at radius 1 is 1.13 bits per heavy atom. The first-order valence-electron chi connectivity index (χ1n) is 6.38. The summed E-state index contributed by atoms with van der Waals surface area (Å²) in [7, 11) is 0. The van der Waals surface area contributed by atoms with Gasteiger partial charge in [-0.15, -0.1) is 0 Å². The minimum absolute atomic E-state index is 0.752. The van der Waals surface area contributed by atoms with Crippen LogP contribution in [-0.4, -0.2) is 18.9 Å². The van der Waals surface area contributed by atoms with Crippen LogP contribution in [0.2, 0.25) is 0 Å². The smallest absolute Gasteiger partial charge is 0.0963 e. The van der Waals surface area contributed by atoms with Gasteiger partial charge in [-0.3, -0.25) is 4.99 Å². The molecule has 1 heterocycles. The first-order chi connectivity index (χ1) is 7.11. The van der Waals surface area contributed by atoms with Crippen molar-refractivity contribution in [3.8, 4) is 0 Å². The normalized spacial score (nSPS) is 17.4. The van der Waals surface area contributed by atoms with E-state index in [-0.39, 0.29) is 0 Å². The average Bonchev–Trinajstić information content (AvgIpc) is 2.18. The molecule has 0 unspecified atom stereocenters. The van der Waals surface area contributed by atoms with Gasteiger partial charge in [0.25, 0.3) is 0 Å². The molecule has 0 atom stereocenters. The van der Waals surface area contributed by atoms with Crippen LogP contribution in [0.15, 0.2) is 4.99 Å². The average molecular weight is 210 g/mol. The summed E-state index contributed by atoms with van der Waals surface area (Å²) in [5.74, 6) is 3.51. The lowest BCUT2D eigenvalue weighted by Crippen LogP contribution is -2.34. The first kappa shape index (κ1) is 12.5. The fourth-order valence-corrected chi connectivity index (χ4v) is 2.32. The Bertz CT molecular complexity index is 199. The molecule has 0 saturated heterocycles. The van der Waals surface area contributed by atoms with Crippen LogP contribution < -0.4 is 5.32 Å². The molecule has 1 aliphatic rings. The molecule has 0 aromatic carbocycles. The van der Waals surface area contributed by atoms with Gasteiger partial charge in [-0.25, -0.2) is 0 Å². The Hall–Kier alpha value is -0.530. The van der Waals surface area contributed by atoms with E-state index >= 15 is 0 Å². The largest absolute Gasteiger partial charge is 0.374 e. The highest BCUT2D eigenvalue weighted by Gasteiger charge is 2.17. The van der Waals surface area contributed by atoms with Crippen molar-refractivity contribution in [2.45, 2.75) is 47.0 Å². The molecule has 0 bridgehead atoms. The summed E-state index contributed by atoms with van der Waals surface area (Å²) < 4.78 is 0. The highest BCUT2D eigenvalue weighted by atomic mass is 15.0. The van der Waals surface area contributed by atoms with Crippen molar-refractivity contribution in [2.24, 2.45) is 22.7 Å². The van der Waals surface area contributed by atoms with Crippen molar-refractivity contribution < 1.29 is 0 Å². The van der Waals surface area contributed by atoms with Crippen LogP contribution in [0.1, 0.15) is 47.0 Å². The van der Waals surface area contributed by atoms with Gasteiger partial charge in [-0.2, -0.15) is 0 Å². The van der Waals surface area contributed by atoms with Gasteiger partial charge >= 0.3 is 0 Å². The highest BCUT2D eigenvalue weighted by Crippen LogP contribution is 2.19. The topological polar surface area (TPSA) is 24.4 Å². The minimum Gasteiger partial charge on any atom is -0.374 e. The Labute approximate surface area is 94.6 Å². The SMILES string of the molecule is CC(C)C(CNC1=NCCCC1)C(C)C. The Morgan fingerprint density at radius 3 is 2.27 bits per heavy atom. The van der Waals surface area contributed by atoms with Crippen molar-refractivity contribution >= 4 is 5.84 Å². The number of hydrogen-bond acceptors (Lipinski definition) is 2. The molecule has 0 aliphatic carbocycles. The zero-order chi connectivity index (χ0) is 11.3. The lowest BCUT2D eigenvalue weighted by atomic mass is 9.85. The van der Waals surface area contributed by atoms with E-state index in [9.17, 15) is 0 Å². The number of rotatable bonds is 4. The van der Waals surface area contributed by atoms with E-state index in [1.807, 2.05) is 0 Å². The Balaban J connectivity index is 2.36. The van der Waals surface area contributed by atoms with E-state index in [1.165, 1.54) is 18.7 Å². The van der Waals surface area contributed by atoms with Crippen LogP contribution in [0.25, 0.3) is 0 Å². The molecule has 15 heavy (non-hydrogen) atoms. The van der Waals surface area contributed by atoms with E-state index in [0.29, 0.717) is 0 Å². The first-order valence-corrected chi connectivity index (χ1v) is 6.38. The maximum atomic E-state index is 4.53. The van der Waals surface area contributed by atoms with Crippen LogP contribution in [0, 0.1) is 17.8 Å². The number of nitrogens with zero attached hydrogens (tertiary/aromatic N) is 1. The molecule has 1 aliphatic heterocycles. The molecular formula is C13H26N2. The summed E-state index contributed by atoms with van der Waals surface area (Å²) in [4.78, 5) is 4.53. The monoisotopic (exact) mass is 210 g/mol. The second-order valence-electron chi connectivity index (χ2n) is 5.32. The van der Waals surface area contributed by atoms with Gasteiger partial charge < -0.3 is 5.32 Å². The summed E-state index contributed by atoms with van der Waals surface area (Å²) in [6, 6.07) is 0. The second-order valence-corrected chi connectivity index (χ2v) is 5.32. The predicted molar refractivity (Wildman–Crippen MR) is 67.3 cm³/mol. The van der Waals surface area contributed by atoms with Gasteiger partial charge in [-0.05, 0) is 30.6 Å². The Kier molecular flexibility index (Phi) is 5.13. The molecular weight excluding hydrogens is 184 g/mol. The molecule has 2 nitrogen and oxygen atoms in total. The van der Waals surface area contributed by atoms with Crippen molar-refractivity contribution in [1.82, 2.24) is 5.32 Å². The van der Waals surface area contributed by atoms with Crippen LogP contribution >= 0.6 is 0 Å². The third-order valence-electron chi connectivity index (χ3n) is 3.38. The van der Waals surface area contributed by atoms with Gasteiger partial charge in [0.2, 0.25) is 0 Å². The van der Waals surface area contributed by atoms with Gasteiger partial charge in [0.1, 0.15) is 0 Å². The molecule has 0 fully saturated rings. The molecule has 0 radical (unpaired) electrons. The van der Waals surface area contributed by atoms with E-state index in [1.54, 1.807) is 0 Å². The maximum absolute atomic E-state index is 4.53. The third-order valence-corrected chi connectivity index (χ3v) is 3.38. The summed E-state index contributed by atoms with van der Waals surface area (Å²) in [5.41, 5.74) is 0. The van der Waals surface area contributed by atoms with Crippen molar-refractivity contribution in [1.29, 1.82) is 0 Å². The fraction of sp³-hybridized carbons (Fsp3) is 0.923. The predicted octanol–water partition coefficient (Wildman–Crippen LogP) is 3.09. The molecule has 1 N–H and O–H groups in total. The van der Waals surface area contributed by atoms with Gasteiger partial charge in [-0.1, -0.05) is 27.7 Å². The van der Waals surface area contributed by atoms with E-state index in [4.69, 9.17) is 0 Å². The number of nitrogens with one attached hydrogen (secondary N) is 1. The molecule has 1 rings (SSSR count). The molecule has 0 aromatic rings. The lowest BCUT2D eigenvalue weighted by Gasteiger charge is -2.26.